The van der Waals surface area contributed by atoms with Gasteiger partial charge in [-0.05, 0) is 37.9 Å². The van der Waals surface area contributed by atoms with Crippen molar-refractivity contribution in [1.29, 1.82) is 0 Å². The Morgan fingerprint density at radius 3 is 2.86 bits per heavy atom. The third-order valence-corrected chi connectivity index (χ3v) is 6.71. The van der Waals surface area contributed by atoms with Crippen LogP contribution < -0.4 is 26.8 Å². The second-order valence-electron chi connectivity index (χ2n) is 8.78. The van der Waals surface area contributed by atoms with E-state index >= 15 is 0 Å². The number of methoxy groups -OCH3 is 1. The topological polar surface area (TPSA) is 135 Å². The Bertz CT molecular complexity index is 1290. The van der Waals surface area contributed by atoms with Gasteiger partial charge in [0.2, 0.25) is 5.76 Å². The first-order valence-corrected chi connectivity index (χ1v) is 11.6. The van der Waals surface area contributed by atoms with Crippen molar-refractivity contribution in [3.05, 3.63) is 40.5 Å². The molecular formula is C23H28FN7O4. The van der Waals surface area contributed by atoms with E-state index in [1.165, 1.54) is 4.57 Å². The van der Waals surface area contributed by atoms with E-state index < -0.39 is 18.1 Å². The van der Waals surface area contributed by atoms with E-state index in [4.69, 9.17) is 9.26 Å². The molecule has 2 fully saturated rings. The fourth-order valence-corrected chi connectivity index (χ4v) is 4.60. The number of nitrogens with one attached hydrogen (secondary N) is 4. The van der Waals surface area contributed by atoms with Crippen molar-refractivity contribution in [2.45, 2.75) is 43.6 Å². The van der Waals surface area contributed by atoms with Crippen LogP contribution in [-0.4, -0.2) is 66.2 Å². The van der Waals surface area contributed by atoms with Gasteiger partial charge in [-0.25, -0.2) is 9.37 Å². The van der Waals surface area contributed by atoms with Crippen molar-refractivity contribution in [2.24, 2.45) is 0 Å². The van der Waals surface area contributed by atoms with Gasteiger partial charge in [-0.2, -0.15) is 0 Å². The number of anilines is 3. The molecular weight excluding hydrogens is 457 g/mol. The molecule has 11 nitrogen and oxygen atoms in total. The molecule has 1 aliphatic carbocycles. The van der Waals surface area contributed by atoms with Crippen LogP contribution in [0.15, 0.2) is 33.7 Å². The number of hydrogen-bond acceptors (Lipinski definition) is 9. The highest BCUT2D eigenvalue weighted by atomic mass is 19.1. The summed E-state index contributed by atoms with van der Waals surface area (Å²) in [6, 6.07) is 4.33. The molecule has 2 aliphatic rings. The SMILES string of the molecule is CNc1cc(Nc2cccn([C@@H]3CCNC[C@@H]3F)c2=O)nc2c(C(=O)N[C@@H]3CC[C@H]3OC)onc12. The van der Waals surface area contributed by atoms with Crippen LogP contribution in [0.4, 0.5) is 21.6 Å². The van der Waals surface area contributed by atoms with Crippen LogP contribution in [0.1, 0.15) is 35.9 Å². The number of piperidine rings is 1. The first-order valence-electron chi connectivity index (χ1n) is 11.6. The standard InChI is InChI=1S/C23H28FN7O4/c1-25-15-10-18(27-14-4-3-9-31(23(14)33)16-7-8-26-11-12(16)24)29-20-19(15)30-35-21(20)22(32)28-13-5-6-17(13)34-2/h3-4,9-10,12-13,16-17,25-26H,5-8,11H2,1-2H3,(H,27,29)(H,28,32)/t12-,13+,16+,17+/m0/s1. The molecule has 1 aliphatic heterocycles. The minimum absolute atomic E-state index is 0.0256. The predicted octanol–water partition coefficient (Wildman–Crippen LogP) is 1.95. The van der Waals surface area contributed by atoms with Crippen molar-refractivity contribution >= 4 is 34.1 Å². The molecule has 4 heterocycles. The number of carbonyl (C=O) groups excluding carboxylic acids is 1. The number of nitrogens with zero attached hydrogens (tertiary/aromatic N) is 3. The molecule has 4 atom stereocenters. The van der Waals surface area contributed by atoms with Gasteiger partial charge in [0, 0.05) is 33.0 Å². The molecule has 35 heavy (non-hydrogen) atoms. The molecule has 12 heteroatoms. The molecule has 0 unspecified atom stereocenters. The monoisotopic (exact) mass is 485 g/mol. The molecule has 0 radical (unpaired) electrons. The molecule has 0 spiro atoms. The Balaban J connectivity index is 1.45. The second-order valence-corrected chi connectivity index (χ2v) is 8.78. The molecule has 1 saturated heterocycles. The zero-order valence-corrected chi connectivity index (χ0v) is 19.5. The predicted molar refractivity (Wildman–Crippen MR) is 128 cm³/mol. The molecule has 1 amide bonds. The number of hydrogen-bond donors (Lipinski definition) is 4. The minimum Gasteiger partial charge on any atom is -0.386 e. The molecule has 5 rings (SSSR count). The van der Waals surface area contributed by atoms with E-state index in [1.54, 1.807) is 38.6 Å². The summed E-state index contributed by atoms with van der Waals surface area (Å²) >= 11 is 0. The molecule has 3 aromatic rings. The first kappa shape index (κ1) is 23.2. The van der Waals surface area contributed by atoms with E-state index in [1.807, 2.05) is 0 Å². The van der Waals surface area contributed by atoms with Crippen molar-refractivity contribution < 1.29 is 18.4 Å². The van der Waals surface area contributed by atoms with E-state index in [9.17, 15) is 14.0 Å². The van der Waals surface area contributed by atoms with Crippen LogP contribution >= 0.6 is 0 Å². The number of carbonyl (C=O) groups is 1. The van der Waals surface area contributed by atoms with Gasteiger partial charge in [-0.15, -0.1) is 0 Å². The highest BCUT2D eigenvalue weighted by Gasteiger charge is 2.34. The molecule has 3 aromatic heterocycles. The fraction of sp³-hybridized carbons (Fsp3) is 0.478. The molecule has 0 bridgehead atoms. The molecule has 0 aromatic carbocycles. The zero-order chi connectivity index (χ0) is 24.5. The van der Waals surface area contributed by atoms with Gasteiger partial charge in [0.25, 0.3) is 11.5 Å². The van der Waals surface area contributed by atoms with Crippen LogP contribution in [0.25, 0.3) is 11.0 Å². The quantitative estimate of drug-likeness (QED) is 0.396. The second kappa shape index (κ2) is 9.62. The van der Waals surface area contributed by atoms with Gasteiger partial charge < -0.3 is 35.1 Å². The Hall–Kier alpha value is -3.51. The average molecular weight is 486 g/mol. The lowest BCUT2D eigenvalue weighted by Gasteiger charge is -2.35. The summed E-state index contributed by atoms with van der Waals surface area (Å²) in [6.45, 7) is 0.853. The van der Waals surface area contributed by atoms with Crippen molar-refractivity contribution in [3.8, 4) is 0 Å². The summed E-state index contributed by atoms with van der Waals surface area (Å²) in [5, 5.41) is 16.0. The number of aromatic nitrogens is 3. The summed E-state index contributed by atoms with van der Waals surface area (Å²) in [6.07, 6.45) is 2.62. The minimum atomic E-state index is -1.16. The van der Waals surface area contributed by atoms with Gasteiger partial charge in [0.1, 0.15) is 23.2 Å². The van der Waals surface area contributed by atoms with Crippen LogP contribution in [0.2, 0.25) is 0 Å². The Kier molecular flexibility index (Phi) is 6.39. The summed E-state index contributed by atoms with van der Waals surface area (Å²) < 4.78 is 26.6. The Morgan fingerprint density at radius 2 is 2.14 bits per heavy atom. The van der Waals surface area contributed by atoms with Gasteiger partial charge in [0.05, 0.1) is 23.9 Å². The summed E-state index contributed by atoms with van der Waals surface area (Å²) in [7, 11) is 3.32. The van der Waals surface area contributed by atoms with Crippen LogP contribution in [0.5, 0.6) is 0 Å². The third kappa shape index (κ3) is 4.34. The van der Waals surface area contributed by atoms with Gasteiger partial charge in [-0.3, -0.25) is 9.59 Å². The van der Waals surface area contributed by atoms with E-state index in [2.05, 4.69) is 31.4 Å². The lowest BCUT2D eigenvalue weighted by Crippen LogP contribution is -2.51. The number of halogens is 1. The van der Waals surface area contributed by atoms with Crippen molar-refractivity contribution in [3.63, 3.8) is 0 Å². The molecule has 186 valence electrons. The Morgan fingerprint density at radius 1 is 1.29 bits per heavy atom. The van der Waals surface area contributed by atoms with E-state index in [0.29, 0.717) is 30.0 Å². The zero-order valence-electron chi connectivity index (χ0n) is 19.5. The summed E-state index contributed by atoms with van der Waals surface area (Å²) in [4.78, 5) is 30.5. The van der Waals surface area contributed by atoms with Crippen LogP contribution in [0, 0.1) is 0 Å². The smallest absolute Gasteiger partial charge is 0.292 e. The first-order chi connectivity index (χ1) is 17.0. The summed E-state index contributed by atoms with van der Waals surface area (Å²) in [5.74, 6) is -0.148. The van der Waals surface area contributed by atoms with Crippen LogP contribution in [-0.2, 0) is 4.74 Å². The van der Waals surface area contributed by atoms with E-state index in [0.717, 1.165) is 12.8 Å². The Labute approximate surface area is 200 Å². The van der Waals surface area contributed by atoms with Crippen LogP contribution in [0.3, 0.4) is 0 Å². The van der Waals surface area contributed by atoms with Gasteiger partial charge >= 0.3 is 0 Å². The van der Waals surface area contributed by atoms with Crippen molar-refractivity contribution in [1.82, 2.24) is 25.3 Å². The number of ether oxygens (including phenoxy) is 1. The molecule has 4 N–H and O–H groups in total. The number of fused-ring (bicyclic) bond motifs is 1. The lowest BCUT2D eigenvalue weighted by molar-refractivity contribution is 0.00678. The summed E-state index contributed by atoms with van der Waals surface area (Å²) in [5.41, 5.74) is 1.10. The number of pyridine rings is 2. The third-order valence-electron chi connectivity index (χ3n) is 6.71. The van der Waals surface area contributed by atoms with Gasteiger partial charge in [0.15, 0.2) is 5.52 Å². The normalized spacial score (nSPS) is 24.1. The fourth-order valence-electron chi connectivity index (χ4n) is 4.60. The molecule has 1 saturated carbocycles. The largest absolute Gasteiger partial charge is 0.386 e. The maximum absolute atomic E-state index is 14.5. The van der Waals surface area contributed by atoms with E-state index in [-0.39, 0.29) is 41.2 Å². The maximum atomic E-state index is 14.5. The average Bonchev–Trinajstić information content (AvgIpc) is 3.27. The van der Waals surface area contributed by atoms with Gasteiger partial charge in [-0.1, -0.05) is 5.16 Å². The number of rotatable bonds is 7. The maximum Gasteiger partial charge on any atom is 0.292 e. The number of alkyl halides is 1. The number of amides is 1. The highest BCUT2D eigenvalue weighted by Crippen LogP contribution is 2.29. The van der Waals surface area contributed by atoms with Crippen molar-refractivity contribution in [2.75, 3.05) is 37.9 Å². The highest BCUT2D eigenvalue weighted by molar-refractivity contribution is 6.05. The lowest BCUT2D eigenvalue weighted by atomic mass is 9.89.